The van der Waals surface area contributed by atoms with E-state index in [0.29, 0.717) is 18.7 Å². The topological polar surface area (TPSA) is 114 Å². The fourth-order valence-corrected chi connectivity index (χ4v) is 5.31. The van der Waals surface area contributed by atoms with Crippen molar-refractivity contribution in [1.29, 1.82) is 0 Å². The zero-order valence-corrected chi connectivity index (χ0v) is 17.8. The molecule has 1 aliphatic rings. The molecule has 1 aliphatic heterocycles. The number of benzene rings is 1. The molecule has 0 radical (unpaired) electrons. The molecule has 0 aliphatic carbocycles. The molecule has 8 nitrogen and oxygen atoms in total. The number of pyridine rings is 1. The van der Waals surface area contributed by atoms with Gasteiger partial charge >= 0.3 is 0 Å². The molecule has 1 saturated heterocycles. The number of carbonyl (C=O) groups excluding carboxylic acids is 1. The first-order valence-corrected chi connectivity index (χ1v) is 12.5. The third-order valence-corrected chi connectivity index (χ3v) is 7.90. The molecule has 1 amide bonds. The zero-order valence-electron chi connectivity index (χ0n) is 16.2. The van der Waals surface area contributed by atoms with Gasteiger partial charge in [0.2, 0.25) is 15.9 Å². The largest absolute Gasteiger partial charge is 0.310 e. The van der Waals surface area contributed by atoms with E-state index in [2.05, 4.69) is 10.3 Å². The van der Waals surface area contributed by atoms with Crippen molar-refractivity contribution in [2.24, 2.45) is 5.92 Å². The van der Waals surface area contributed by atoms with Crippen LogP contribution in [0, 0.1) is 12.8 Å². The summed E-state index contributed by atoms with van der Waals surface area (Å²) in [4.78, 5) is 16.8. The second-order valence-electron chi connectivity index (χ2n) is 7.08. The lowest BCUT2D eigenvalue weighted by Crippen LogP contribution is -2.41. The number of sulfonamides is 1. The summed E-state index contributed by atoms with van der Waals surface area (Å²) in [5, 5.41) is 2.78. The fraction of sp³-hybridized carbons (Fsp3) is 0.368. The fourth-order valence-electron chi connectivity index (χ4n) is 3.21. The summed E-state index contributed by atoms with van der Waals surface area (Å²) in [6.45, 7) is 2.27. The molecule has 1 N–H and O–H groups in total. The van der Waals surface area contributed by atoms with Gasteiger partial charge in [-0.3, -0.25) is 4.79 Å². The number of sulfone groups is 1. The van der Waals surface area contributed by atoms with Crippen LogP contribution in [0.1, 0.15) is 18.5 Å². The van der Waals surface area contributed by atoms with Gasteiger partial charge in [-0.1, -0.05) is 6.07 Å². The highest BCUT2D eigenvalue weighted by atomic mass is 32.2. The highest BCUT2D eigenvalue weighted by Gasteiger charge is 2.32. The van der Waals surface area contributed by atoms with E-state index in [1.807, 2.05) is 19.1 Å². The van der Waals surface area contributed by atoms with Crippen molar-refractivity contribution in [3.63, 3.8) is 0 Å². The van der Waals surface area contributed by atoms with Gasteiger partial charge < -0.3 is 5.32 Å². The van der Waals surface area contributed by atoms with Crippen molar-refractivity contribution in [3.05, 3.63) is 48.2 Å². The maximum Gasteiger partial charge on any atom is 0.243 e. The lowest BCUT2D eigenvalue weighted by Gasteiger charge is -2.30. The molecule has 1 aromatic carbocycles. The van der Waals surface area contributed by atoms with Crippen LogP contribution in [0.4, 0.5) is 5.82 Å². The number of amides is 1. The number of aromatic nitrogens is 1. The molecular formula is C19H23N3O5S2. The smallest absolute Gasteiger partial charge is 0.243 e. The van der Waals surface area contributed by atoms with Crippen LogP contribution in [0.25, 0.3) is 0 Å². The average molecular weight is 438 g/mol. The van der Waals surface area contributed by atoms with E-state index in [4.69, 9.17) is 0 Å². The van der Waals surface area contributed by atoms with Crippen LogP contribution in [-0.2, 0) is 24.7 Å². The number of aryl methyl sites for hydroxylation is 1. The SMILES string of the molecule is Cc1cccc(NC(=O)C2CCN(S(=O)(=O)c3ccc(S(C)(=O)=O)cc3)CC2)n1. The summed E-state index contributed by atoms with van der Waals surface area (Å²) in [6.07, 6.45) is 1.87. The number of carbonyl (C=O) groups is 1. The number of hydrogen-bond acceptors (Lipinski definition) is 6. The molecule has 0 unspecified atom stereocenters. The van der Waals surface area contributed by atoms with Crippen molar-refractivity contribution < 1.29 is 21.6 Å². The van der Waals surface area contributed by atoms with Crippen LogP contribution in [-0.4, -0.2) is 51.4 Å². The van der Waals surface area contributed by atoms with E-state index in [1.54, 1.807) is 6.07 Å². The highest BCUT2D eigenvalue weighted by Crippen LogP contribution is 2.25. The Bertz CT molecular complexity index is 1100. The minimum Gasteiger partial charge on any atom is -0.310 e. The van der Waals surface area contributed by atoms with Gasteiger partial charge in [-0.25, -0.2) is 21.8 Å². The first kappa shape index (κ1) is 21.4. The van der Waals surface area contributed by atoms with Crippen LogP contribution < -0.4 is 5.32 Å². The molecule has 1 aromatic heterocycles. The predicted octanol–water partition coefficient (Wildman–Crippen LogP) is 1.83. The predicted molar refractivity (Wildman–Crippen MR) is 109 cm³/mol. The van der Waals surface area contributed by atoms with E-state index in [-0.39, 0.29) is 34.7 Å². The number of anilines is 1. The molecule has 3 rings (SSSR count). The second-order valence-corrected chi connectivity index (χ2v) is 11.0. The Balaban J connectivity index is 1.64. The van der Waals surface area contributed by atoms with Crippen LogP contribution in [0.5, 0.6) is 0 Å². The van der Waals surface area contributed by atoms with Gasteiger partial charge in [0, 0.05) is 31.0 Å². The van der Waals surface area contributed by atoms with Gasteiger partial charge in [0.05, 0.1) is 9.79 Å². The standard InChI is InChI=1S/C19H23N3O5S2/c1-14-4-3-5-18(20-14)21-19(23)15-10-12-22(13-11-15)29(26,27)17-8-6-16(7-9-17)28(2,24)25/h3-9,15H,10-13H2,1-2H3,(H,20,21,23). The van der Waals surface area contributed by atoms with Crippen molar-refractivity contribution in [3.8, 4) is 0 Å². The maximum atomic E-state index is 12.8. The van der Waals surface area contributed by atoms with E-state index in [0.717, 1.165) is 11.9 Å². The van der Waals surface area contributed by atoms with Crippen LogP contribution >= 0.6 is 0 Å². The lowest BCUT2D eigenvalue weighted by molar-refractivity contribution is -0.120. The van der Waals surface area contributed by atoms with Gasteiger partial charge in [0.1, 0.15) is 5.82 Å². The van der Waals surface area contributed by atoms with Gasteiger partial charge in [0.15, 0.2) is 9.84 Å². The van der Waals surface area contributed by atoms with Crippen molar-refractivity contribution in [2.45, 2.75) is 29.6 Å². The molecule has 0 spiro atoms. The normalized spacial score (nSPS) is 16.5. The Labute approximate surface area is 170 Å². The average Bonchev–Trinajstić information content (AvgIpc) is 2.67. The summed E-state index contributed by atoms with van der Waals surface area (Å²) in [7, 11) is -7.14. The summed E-state index contributed by atoms with van der Waals surface area (Å²) >= 11 is 0. The second kappa shape index (κ2) is 8.21. The molecule has 2 aromatic rings. The first-order valence-electron chi connectivity index (χ1n) is 9.12. The quantitative estimate of drug-likeness (QED) is 0.763. The number of hydrogen-bond donors (Lipinski definition) is 1. The molecular weight excluding hydrogens is 414 g/mol. The van der Waals surface area contributed by atoms with Crippen molar-refractivity contribution >= 4 is 31.6 Å². The molecule has 0 bridgehead atoms. The summed E-state index contributed by atoms with van der Waals surface area (Å²) in [5.74, 6) is 0.0186. The molecule has 2 heterocycles. The maximum absolute atomic E-state index is 12.8. The zero-order chi connectivity index (χ0) is 21.2. The molecule has 10 heteroatoms. The summed E-state index contributed by atoms with van der Waals surface area (Å²) in [6, 6.07) is 10.5. The van der Waals surface area contributed by atoms with Gasteiger partial charge in [0.25, 0.3) is 0 Å². The minimum atomic E-state index is -3.74. The van der Waals surface area contributed by atoms with E-state index >= 15 is 0 Å². The number of nitrogens with one attached hydrogen (secondary N) is 1. The summed E-state index contributed by atoms with van der Waals surface area (Å²) in [5.41, 5.74) is 0.797. The van der Waals surface area contributed by atoms with E-state index in [1.165, 1.54) is 28.6 Å². The monoisotopic (exact) mass is 437 g/mol. The van der Waals surface area contributed by atoms with Crippen molar-refractivity contribution in [2.75, 3.05) is 24.7 Å². The van der Waals surface area contributed by atoms with Crippen LogP contribution in [0.2, 0.25) is 0 Å². The van der Waals surface area contributed by atoms with E-state index < -0.39 is 19.9 Å². The molecule has 1 fully saturated rings. The Morgan fingerprint density at radius 3 is 2.14 bits per heavy atom. The van der Waals surface area contributed by atoms with Crippen molar-refractivity contribution in [1.82, 2.24) is 9.29 Å². The first-order chi connectivity index (χ1) is 13.6. The molecule has 0 saturated carbocycles. The Kier molecular flexibility index (Phi) is 6.06. The van der Waals surface area contributed by atoms with Crippen LogP contribution in [0.15, 0.2) is 52.3 Å². The van der Waals surface area contributed by atoms with Gasteiger partial charge in [-0.15, -0.1) is 0 Å². The number of rotatable bonds is 5. The Morgan fingerprint density at radius 1 is 1.00 bits per heavy atom. The van der Waals surface area contributed by atoms with Crippen LogP contribution in [0.3, 0.4) is 0 Å². The van der Waals surface area contributed by atoms with Gasteiger partial charge in [-0.05, 0) is 56.2 Å². The number of nitrogens with zero attached hydrogens (tertiary/aromatic N) is 2. The molecule has 156 valence electrons. The van der Waals surface area contributed by atoms with E-state index in [9.17, 15) is 21.6 Å². The molecule has 29 heavy (non-hydrogen) atoms. The Morgan fingerprint density at radius 2 is 1.59 bits per heavy atom. The third kappa shape index (κ3) is 5.01. The van der Waals surface area contributed by atoms with Gasteiger partial charge in [-0.2, -0.15) is 4.31 Å². The minimum absolute atomic E-state index is 0.0387. The highest BCUT2D eigenvalue weighted by molar-refractivity contribution is 7.90. The Hall–Kier alpha value is -2.30. The summed E-state index contributed by atoms with van der Waals surface area (Å²) < 4.78 is 50.1. The molecule has 0 atom stereocenters. The number of piperidine rings is 1. The lowest BCUT2D eigenvalue weighted by atomic mass is 9.97. The third-order valence-electron chi connectivity index (χ3n) is 4.85.